The number of amides is 1. The van der Waals surface area contributed by atoms with Crippen LogP contribution in [0, 0.1) is 23.1 Å². The smallest absolute Gasteiger partial charge is 0.255 e. The van der Waals surface area contributed by atoms with Gasteiger partial charge in [0.05, 0.1) is 11.6 Å². The van der Waals surface area contributed by atoms with Gasteiger partial charge in [-0.1, -0.05) is 0 Å². The molecular weight excluding hydrogens is 240 g/mol. The molecule has 1 N–H and O–H groups in total. The van der Waals surface area contributed by atoms with Crippen LogP contribution in [0.4, 0.5) is 8.78 Å². The van der Waals surface area contributed by atoms with Crippen LogP contribution in [0.25, 0.3) is 0 Å². The van der Waals surface area contributed by atoms with Gasteiger partial charge in [0, 0.05) is 6.20 Å². The van der Waals surface area contributed by atoms with Gasteiger partial charge >= 0.3 is 0 Å². The summed E-state index contributed by atoms with van der Waals surface area (Å²) >= 11 is 0. The minimum absolute atomic E-state index is 0.427. The van der Waals surface area contributed by atoms with Gasteiger partial charge in [-0.05, 0) is 31.7 Å². The maximum absolute atomic E-state index is 13.4. The topological polar surface area (TPSA) is 65.8 Å². The highest BCUT2D eigenvalue weighted by Crippen LogP contribution is 2.29. The van der Waals surface area contributed by atoms with Crippen LogP contribution in [0.15, 0.2) is 12.3 Å². The van der Waals surface area contributed by atoms with Crippen molar-refractivity contribution >= 4 is 5.91 Å². The predicted molar refractivity (Wildman–Crippen MR) is 58.4 cm³/mol. The molecule has 0 spiro atoms. The Morgan fingerprint density at radius 1 is 1.44 bits per heavy atom. The van der Waals surface area contributed by atoms with Crippen LogP contribution in [-0.4, -0.2) is 16.4 Å². The van der Waals surface area contributed by atoms with Crippen LogP contribution in [0.1, 0.15) is 36.0 Å². The molecule has 0 atom stereocenters. The van der Waals surface area contributed by atoms with Crippen LogP contribution in [0.5, 0.6) is 0 Å². The highest BCUT2D eigenvalue weighted by molar-refractivity contribution is 5.95. The average molecular weight is 251 g/mol. The summed E-state index contributed by atoms with van der Waals surface area (Å²) in [7, 11) is 0. The molecule has 0 saturated heterocycles. The molecule has 94 valence electrons. The molecule has 1 saturated carbocycles. The first-order valence-electron chi connectivity index (χ1n) is 5.62. The van der Waals surface area contributed by atoms with Crippen LogP contribution in [-0.2, 0) is 0 Å². The molecule has 0 bridgehead atoms. The van der Waals surface area contributed by atoms with E-state index in [1.807, 2.05) is 6.07 Å². The van der Waals surface area contributed by atoms with E-state index in [0.717, 1.165) is 25.1 Å². The van der Waals surface area contributed by atoms with E-state index in [2.05, 4.69) is 10.3 Å². The molecule has 1 amide bonds. The lowest BCUT2D eigenvalue weighted by Crippen LogP contribution is -2.45. The molecule has 1 aliphatic carbocycles. The molecular formula is C12H11F2N3O. The molecule has 6 heteroatoms. The maximum atomic E-state index is 13.4. The van der Waals surface area contributed by atoms with E-state index in [-0.39, 0.29) is 0 Å². The lowest BCUT2D eigenvalue weighted by atomic mass is 9.99. The number of rotatable bonds is 2. The van der Waals surface area contributed by atoms with E-state index in [1.54, 1.807) is 0 Å². The summed E-state index contributed by atoms with van der Waals surface area (Å²) < 4.78 is 26.3. The third-order valence-corrected chi connectivity index (χ3v) is 3.12. The number of nitrogens with zero attached hydrogens (tertiary/aromatic N) is 2. The molecule has 18 heavy (non-hydrogen) atoms. The zero-order chi connectivity index (χ0) is 13.2. The van der Waals surface area contributed by atoms with Crippen LogP contribution < -0.4 is 5.32 Å². The molecule has 0 aliphatic heterocycles. The Morgan fingerprint density at radius 3 is 2.72 bits per heavy atom. The second-order valence-corrected chi connectivity index (χ2v) is 4.32. The van der Waals surface area contributed by atoms with E-state index in [4.69, 9.17) is 5.26 Å². The molecule has 0 aromatic carbocycles. The first kappa shape index (κ1) is 12.4. The van der Waals surface area contributed by atoms with Gasteiger partial charge in [-0.15, -0.1) is 0 Å². The van der Waals surface area contributed by atoms with E-state index < -0.39 is 28.8 Å². The Labute approximate surface area is 103 Å². The summed E-state index contributed by atoms with van der Waals surface area (Å²) in [4.78, 5) is 14.9. The number of hydrogen-bond acceptors (Lipinski definition) is 3. The maximum Gasteiger partial charge on any atom is 0.255 e. The number of nitriles is 1. The zero-order valence-corrected chi connectivity index (χ0v) is 9.54. The van der Waals surface area contributed by atoms with Gasteiger partial charge in [-0.3, -0.25) is 4.79 Å². The van der Waals surface area contributed by atoms with Crippen molar-refractivity contribution in [2.75, 3.05) is 0 Å². The Kier molecular flexibility index (Phi) is 3.24. The second kappa shape index (κ2) is 4.69. The standard InChI is InChI=1S/C12H11F2N3O/c13-9-8(3-6-16-10(9)14)11(18)17-12(7-15)4-1-2-5-12/h3,6H,1-2,4-5H2,(H,17,18). The highest BCUT2D eigenvalue weighted by atomic mass is 19.2. The summed E-state index contributed by atoms with van der Waals surface area (Å²) in [6.07, 6.45) is 3.75. The molecule has 4 nitrogen and oxygen atoms in total. The Morgan fingerprint density at radius 2 is 2.11 bits per heavy atom. The minimum Gasteiger partial charge on any atom is -0.334 e. The Hall–Kier alpha value is -2.03. The van der Waals surface area contributed by atoms with Gasteiger partial charge in [0.25, 0.3) is 5.91 Å². The van der Waals surface area contributed by atoms with Crippen molar-refractivity contribution in [3.63, 3.8) is 0 Å². The predicted octanol–water partition coefficient (Wildman–Crippen LogP) is 1.93. The second-order valence-electron chi connectivity index (χ2n) is 4.32. The number of carbonyl (C=O) groups is 1. The molecule has 1 fully saturated rings. The molecule has 1 aliphatic rings. The van der Waals surface area contributed by atoms with Crippen molar-refractivity contribution in [2.45, 2.75) is 31.2 Å². The van der Waals surface area contributed by atoms with E-state index in [9.17, 15) is 13.6 Å². The number of aromatic nitrogens is 1. The summed E-state index contributed by atoms with van der Waals surface area (Å²) in [5, 5.41) is 11.6. The monoisotopic (exact) mass is 251 g/mol. The van der Waals surface area contributed by atoms with Gasteiger partial charge in [-0.25, -0.2) is 9.37 Å². The summed E-state index contributed by atoms with van der Waals surface area (Å²) in [6, 6.07) is 3.14. The third-order valence-electron chi connectivity index (χ3n) is 3.12. The van der Waals surface area contributed by atoms with E-state index in [1.165, 1.54) is 0 Å². The van der Waals surface area contributed by atoms with Gasteiger partial charge in [0.15, 0.2) is 5.82 Å². The lowest BCUT2D eigenvalue weighted by molar-refractivity contribution is 0.0915. The van der Waals surface area contributed by atoms with Crippen LogP contribution >= 0.6 is 0 Å². The SMILES string of the molecule is N#CC1(NC(=O)c2ccnc(F)c2F)CCCC1. The molecule has 1 aromatic heterocycles. The van der Waals surface area contributed by atoms with Crippen molar-refractivity contribution in [3.8, 4) is 6.07 Å². The lowest BCUT2D eigenvalue weighted by Gasteiger charge is -2.21. The fourth-order valence-corrected chi connectivity index (χ4v) is 2.12. The third kappa shape index (κ3) is 2.16. The molecule has 0 unspecified atom stereocenters. The number of carbonyl (C=O) groups excluding carboxylic acids is 1. The van der Waals surface area contributed by atoms with Gasteiger partial charge < -0.3 is 5.32 Å². The first-order chi connectivity index (χ1) is 8.58. The van der Waals surface area contributed by atoms with Crippen molar-refractivity contribution < 1.29 is 13.6 Å². The van der Waals surface area contributed by atoms with Crippen LogP contribution in [0.3, 0.4) is 0 Å². The van der Waals surface area contributed by atoms with E-state index >= 15 is 0 Å². The molecule has 1 heterocycles. The molecule has 2 rings (SSSR count). The number of pyridine rings is 1. The Bertz CT molecular complexity index is 519. The molecule has 1 aromatic rings. The van der Waals surface area contributed by atoms with Gasteiger partial charge in [0.2, 0.25) is 5.95 Å². The highest BCUT2D eigenvalue weighted by Gasteiger charge is 2.36. The summed E-state index contributed by atoms with van der Waals surface area (Å²) in [6.45, 7) is 0. The van der Waals surface area contributed by atoms with Crippen LogP contribution in [0.2, 0.25) is 0 Å². The van der Waals surface area contributed by atoms with Crippen molar-refractivity contribution in [2.24, 2.45) is 0 Å². The van der Waals surface area contributed by atoms with Crippen molar-refractivity contribution in [1.82, 2.24) is 10.3 Å². The fraction of sp³-hybridized carbons (Fsp3) is 0.417. The van der Waals surface area contributed by atoms with Crippen molar-refractivity contribution in [1.29, 1.82) is 5.26 Å². The van der Waals surface area contributed by atoms with E-state index in [0.29, 0.717) is 12.8 Å². The Balaban J connectivity index is 2.22. The average Bonchev–Trinajstić information content (AvgIpc) is 2.81. The molecule has 0 radical (unpaired) electrons. The number of hydrogen-bond donors (Lipinski definition) is 1. The van der Waals surface area contributed by atoms with Gasteiger partial charge in [-0.2, -0.15) is 9.65 Å². The first-order valence-corrected chi connectivity index (χ1v) is 5.62. The normalized spacial score (nSPS) is 17.2. The van der Waals surface area contributed by atoms with Gasteiger partial charge in [0.1, 0.15) is 5.54 Å². The quantitative estimate of drug-likeness (QED) is 0.817. The number of nitrogens with one attached hydrogen (secondary N) is 1. The fourth-order valence-electron chi connectivity index (χ4n) is 2.12. The van der Waals surface area contributed by atoms with Crippen molar-refractivity contribution in [3.05, 3.63) is 29.6 Å². The number of halogens is 2. The minimum atomic E-state index is -1.32. The zero-order valence-electron chi connectivity index (χ0n) is 9.54. The summed E-state index contributed by atoms with van der Waals surface area (Å²) in [5.41, 5.74) is -1.38. The largest absolute Gasteiger partial charge is 0.334 e. The summed E-state index contributed by atoms with van der Waals surface area (Å²) in [5.74, 6) is -3.39.